The van der Waals surface area contributed by atoms with Crippen molar-refractivity contribution >= 4 is 44.5 Å². The highest BCUT2D eigenvalue weighted by Gasteiger charge is 2.40. The molecular formula is C23H17BrN4O2. The highest BCUT2D eigenvalue weighted by atomic mass is 79.9. The van der Waals surface area contributed by atoms with Gasteiger partial charge in [-0.15, -0.1) is 0 Å². The van der Waals surface area contributed by atoms with Crippen LogP contribution in [0, 0.1) is 20.8 Å². The predicted octanol–water partition coefficient (Wildman–Crippen LogP) is 4.91. The molecule has 5 rings (SSSR count). The molecule has 2 aromatic heterocycles. The molecule has 1 aliphatic heterocycles. The molecule has 4 aromatic rings. The number of benzene rings is 2. The zero-order valence-electron chi connectivity index (χ0n) is 16.6. The molecule has 3 heterocycles. The van der Waals surface area contributed by atoms with Crippen molar-refractivity contribution in [1.29, 1.82) is 0 Å². The fourth-order valence-electron chi connectivity index (χ4n) is 3.82. The van der Waals surface area contributed by atoms with Gasteiger partial charge in [0.25, 0.3) is 11.8 Å². The van der Waals surface area contributed by atoms with Gasteiger partial charge in [-0.25, -0.2) is 14.6 Å². The monoisotopic (exact) mass is 460 g/mol. The molecule has 7 heteroatoms. The Morgan fingerprint density at radius 1 is 0.867 bits per heavy atom. The Labute approximate surface area is 181 Å². The minimum Gasteiger partial charge on any atom is -0.268 e. The molecule has 0 bridgehead atoms. The molecular weight excluding hydrogens is 444 g/mol. The van der Waals surface area contributed by atoms with Crippen LogP contribution >= 0.6 is 15.9 Å². The number of fused-ring (bicyclic) bond motifs is 3. The second-order valence-electron chi connectivity index (χ2n) is 7.43. The van der Waals surface area contributed by atoms with Crippen LogP contribution in [0.1, 0.15) is 37.5 Å². The number of aryl methyl sites for hydroxylation is 3. The van der Waals surface area contributed by atoms with Gasteiger partial charge >= 0.3 is 0 Å². The summed E-state index contributed by atoms with van der Waals surface area (Å²) in [5.41, 5.74) is 5.61. The molecule has 0 saturated heterocycles. The summed E-state index contributed by atoms with van der Waals surface area (Å²) in [7, 11) is 0. The van der Waals surface area contributed by atoms with Crippen LogP contribution < -0.4 is 4.90 Å². The van der Waals surface area contributed by atoms with E-state index in [2.05, 4.69) is 32.9 Å². The number of hydrogen-bond acceptors (Lipinski definition) is 4. The summed E-state index contributed by atoms with van der Waals surface area (Å²) in [6, 6.07) is 13.1. The van der Waals surface area contributed by atoms with Crippen LogP contribution in [0.2, 0.25) is 0 Å². The molecule has 0 saturated carbocycles. The number of carbonyl (C=O) groups is 2. The van der Waals surface area contributed by atoms with E-state index in [-0.39, 0.29) is 11.8 Å². The maximum atomic E-state index is 13.3. The summed E-state index contributed by atoms with van der Waals surface area (Å²) >= 11 is 3.38. The van der Waals surface area contributed by atoms with Crippen molar-refractivity contribution in [2.75, 3.05) is 4.90 Å². The lowest BCUT2D eigenvalue weighted by Crippen LogP contribution is -2.29. The zero-order chi connectivity index (χ0) is 21.2. The van der Waals surface area contributed by atoms with Crippen LogP contribution in [0.25, 0.3) is 16.7 Å². The van der Waals surface area contributed by atoms with E-state index in [1.807, 2.05) is 32.0 Å². The number of halogens is 1. The normalized spacial score (nSPS) is 13.4. The zero-order valence-corrected chi connectivity index (χ0v) is 18.2. The molecule has 30 heavy (non-hydrogen) atoms. The van der Waals surface area contributed by atoms with Crippen molar-refractivity contribution in [1.82, 2.24) is 14.8 Å². The Hall–Kier alpha value is -3.32. The fourth-order valence-corrected chi connectivity index (χ4v) is 4.09. The smallest absolute Gasteiger partial charge is 0.267 e. The number of hydrogen-bond donors (Lipinski definition) is 0. The summed E-state index contributed by atoms with van der Waals surface area (Å²) in [4.78, 5) is 32.1. The third-order valence-corrected chi connectivity index (χ3v) is 6.07. The van der Waals surface area contributed by atoms with Crippen LogP contribution in [0.15, 0.2) is 53.1 Å². The highest BCUT2D eigenvalue weighted by molar-refractivity contribution is 9.10. The first-order valence-electron chi connectivity index (χ1n) is 9.47. The lowest BCUT2D eigenvalue weighted by atomic mass is 10.1. The summed E-state index contributed by atoms with van der Waals surface area (Å²) in [6.07, 6.45) is 1.48. The van der Waals surface area contributed by atoms with Gasteiger partial charge < -0.3 is 0 Å². The van der Waals surface area contributed by atoms with Gasteiger partial charge in [0.1, 0.15) is 0 Å². The van der Waals surface area contributed by atoms with Gasteiger partial charge in [-0.05, 0) is 68.3 Å². The molecule has 2 aromatic carbocycles. The topological polar surface area (TPSA) is 68.1 Å². The van der Waals surface area contributed by atoms with E-state index >= 15 is 0 Å². The van der Waals surface area contributed by atoms with Crippen LogP contribution in [-0.4, -0.2) is 26.6 Å². The first-order valence-corrected chi connectivity index (χ1v) is 10.3. The molecule has 2 amide bonds. The summed E-state index contributed by atoms with van der Waals surface area (Å²) in [5, 5.41) is 5.26. The van der Waals surface area contributed by atoms with E-state index in [1.165, 1.54) is 16.7 Å². The van der Waals surface area contributed by atoms with Crippen LogP contribution in [-0.2, 0) is 0 Å². The maximum Gasteiger partial charge on any atom is 0.267 e. The molecule has 0 radical (unpaired) electrons. The predicted molar refractivity (Wildman–Crippen MR) is 118 cm³/mol. The molecule has 6 nitrogen and oxygen atoms in total. The standard InChI is InChI=1S/C23H17BrN4O2/c1-12-4-7-17(10-13(12)2)28-21-19(14(3)26-28)20-18(11-25-21)22(29)27(23(20)30)16-8-5-15(24)6-9-16/h4-11H,1-3H3. The second kappa shape index (κ2) is 6.60. The molecule has 0 unspecified atom stereocenters. The Morgan fingerprint density at radius 2 is 1.57 bits per heavy atom. The summed E-state index contributed by atoms with van der Waals surface area (Å²) in [5.74, 6) is -0.725. The van der Waals surface area contributed by atoms with Gasteiger partial charge in [0.05, 0.1) is 33.6 Å². The largest absolute Gasteiger partial charge is 0.268 e. The van der Waals surface area contributed by atoms with Crippen molar-refractivity contribution in [3.8, 4) is 5.69 Å². The van der Waals surface area contributed by atoms with Crippen LogP contribution in [0.3, 0.4) is 0 Å². The Morgan fingerprint density at radius 3 is 2.27 bits per heavy atom. The van der Waals surface area contributed by atoms with E-state index in [0.717, 1.165) is 15.7 Å². The van der Waals surface area contributed by atoms with E-state index < -0.39 is 0 Å². The molecule has 0 aliphatic carbocycles. The number of rotatable bonds is 2. The number of pyridine rings is 1. The van der Waals surface area contributed by atoms with E-state index in [4.69, 9.17) is 0 Å². The van der Waals surface area contributed by atoms with Crippen LogP contribution in [0.5, 0.6) is 0 Å². The van der Waals surface area contributed by atoms with E-state index in [1.54, 1.807) is 28.9 Å². The molecule has 0 spiro atoms. The Balaban J connectivity index is 1.70. The molecule has 0 fully saturated rings. The maximum absolute atomic E-state index is 13.3. The van der Waals surface area contributed by atoms with Gasteiger partial charge in [0.2, 0.25) is 0 Å². The number of anilines is 1. The average Bonchev–Trinajstić information content (AvgIpc) is 3.19. The minimum absolute atomic E-state index is 0.304. The lowest BCUT2D eigenvalue weighted by Gasteiger charge is -2.13. The lowest BCUT2D eigenvalue weighted by molar-refractivity contribution is 0.0926. The fraction of sp³-hybridized carbons (Fsp3) is 0.130. The van der Waals surface area contributed by atoms with Crippen molar-refractivity contribution < 1.29 is 9.59 Å². The highest BCUT2D eigenvalue weighted by Crippen LogP contribution is 2.35. The SMILES string of the molecule is Cc1ccc(-n2nc(C)c3c4c(cnc32)C(=O)N(c2ccc(Br)cc2)C4=O)cc1C. The molecule has 0 N–H and O–H groups in total. The van der Waals surface area contributed by atoms with Crippen molar-refractivity contribution in [2.24, 2.45) is 0 Å². The second-order valence-corrected chi connectivity index (χ2v) is 8.35. The number of nitrogens with zero attached hydrogens (tertiary/aromatic N) is 4. The van der Waals surface area contributed by atoms with Crippen molar-refractivity contribution in [3.05, 3.63) is 81.1 Å². The van der Waals surface area contributed by atoms with Gasteiger partial charge in [0, 0.05) is 10.7 Å². The van der Waals surface area contributed by atoms with Gasteiger partial charge in [-0.3, -0.25) is 9.59 Å². The average molecular weight is 461 g/mol. The minimum atomic E-state index is -0.370. The van der Waals surface area contributed by atoms with E-state index in [9.17, 15) is 9.59 Å². The van der Waals surface area contributed by atoms with Gasteiger partial charge in [-0.1, -0.05) is 22.0 Å². The van der Waals surface area contributed by atoms with Crippen molar-refractivity contribution in [3.63, 3.8) is 0 Å². The molecule has 0 atom stereocenters. The Bertz CT molecular complexity index is 1370. The quantitative estimate of drug-likeness (QED) is 0.398. The number of carbonyl (C=O) groups excluding carboxylic acids is 2. The number of imide groups is 1. The van der Waals surface area contributed by atoms with Crippen molar-refractivity contribution in [2.45, 2.75) is 20.8 Å². The van der Waals surface area contributed by atoms with E-state index in [0.29, 0.717) is 33.5 Å². The van der Waals surface area contributed by atoms with Crippen LogP contribution in [0.4, 0.5) is 5.69 Å². The first-order chi connectivity index (χ1) is 14.4. The molecule has 148 valence electrons. The van der Waals surface area contributed by atoms with Gasteiger partial charge in [-0.2, -0.15) is 5.10 Å². The Kier molecular flexibility index (Phi) is 4.11. The first kappa shape index (κ1) is 18.7. The number of amides is 2. The summed E-state index contributed by atoms with van der Waals surface area (Å²) < 4.78 is 2.61. The summed E-state index contributed by atoms with van der Waals surface area (Å²) in [6.45, 7) is 5.93. The van der Waals surface area contributed by atoms with Gasteiger partial charge in [0.15, 0.2) is 5.65 Å². The third kappa shape index (κ3) is 2.62. The third-order valence-electron chi connectivity index (χ3n) is 5.54. The number of aromatic nitrogens is 3. The molecule has 1 aliphatic rings.